The van der Waals surface area contributed by atoms with Crippen LogP contribution in [0.1, 0.15) is 25.8 Å². The number of primary amides is 1. The topological polar surface area (TPSA) is 110 Å². The third kappa shape index (κ3) is 2.85. The maximum Gasteiger partial charge on any atom is 0.240 e. The first-order valence-corrected chi connectivity index (χ1v) is 6.88. The minimum absolute atomic E-state index is 0.130. The van der Waals surface area contributed by atoms with Crippen LogP contribution in [0.5, 0.6) is 0 Å². The molecule has 1 fully saturated rings. The molecular formula is C15H21N3O3. The first kappa shape index (κ1) is 15.3. The second kappa shape index (κ2) is 5.37. The number of nitrogen functional groups attached to an aromatic ring is 1. The Balaban J connectivity index is 2.29. The van der Waals surface area contributed by atoms with Gasteiger partial charge in [-0.05, 0) is 31.5 Å². The summed E-state index contributed by atoms with van der Waals surface area (Å²) in [4.78, 5) is 25.6. The number of hydrogen-bond acceptors (Lipinski definition) is 4. The van der Waals surface area contributed by atoms with E-state index in [1.807, 2.05) is 0 Å². The van der Waals surface area contributed by atoms with Gasteiger partial charge >= 0.3 is 0 Å². The Labute approximate surface area is 123 Å². The number of likely N-dealkylation sites (tertiary alicyclic amines) is 1. The lowest BCUT2D eigenvalue weighted by Crippen LogP contribution is -2.50. The molecule has 1 aliphatic rings. The molecule has 5 N–H and O–H groups in total. The molecule has 0 spiro atoms. The second-order valence-electron chi connectivity index (χ2n) is 6.01. The Morgan fingerprint density at radius 2 is 1.86 bits per heavy atom. The number of rotatable bonds is 3. The zero-order valence-corrected chi connectivity index (χ0v) is 12.2. The summed E-state index contributed by atoms with van der Waals surface area (Å²) < 4.78 is 0. The van der Waals surface area contributed by atoms with E-state index in [1.54, 1.807) is 38.1 Å². The number of nitrogens with zero attached hydrogens (tertiary/aromatic N) is 1. The predicted octanol–water partition coefficient (Wildman–Crippen LogP) is -0.00650. The van der Waals surface area contributed by atoms with E-state index in [0.29, 0.717) is 5.69 Å². The number of β-amino-alcohol motifs (C(OH)–C–C–N with tert-alkyl or cyclic N) is 1. The van der Waals surface area contributed by atoms with Crippen LogP contribution in [0.2, 0.25) is 0 Å². The lowest BCUT2D eigenvalue weighted by Gasteiger charge is -2.32. The van der Waals surface area contributed by atoms with Gasteiger partial charge in [0.1, 0.15) is 6.04 Å². The normalized spacial score (nSPS) is 22.3. The Morgan fingerprint density at radius 1 is 1.29 bits per heavy atom. The number of hydrogen-bond donors (Lipinski definition) is 3. The molecule has 1 saturated heterocycles. The highest BCUT2D eigenvalue weighted by Gasteiger charge is 2.43. The molecule has 0 aliphatic carbocycles. The zero-order valence-electron chi connectivity index (χ0n) is 12.2. The van der Waals surface area contributed by atoms with Crippen molar-refractivity contribution in [1.82, 2.24) is 4.90 Å². The number of aliphatic hydroxyl groups is 1. The van der Waals surface area contributed by atoms with Gasteiger partial charge in [0.15, 0.2) is 0 Å². The molecule has 2 rings (SSSR count). The van der Waals surface area contributed by atoms with Crippen LogP contribution in [0.25, 0.3) is 0 Å². The SMILES string of the molecule is CC(C)(C(=O)N1CC(O)CC1C(N)=O)c1ccc(N)cc1. The fraction of sp³-hybridized carbons (Fsp3) is 0.467. The summed E-state index contributed by atoms with van der Waals surface area (Å²) in [6.07, 6.45) is -0.521. The highest BCUT2D eigenvalue weighted by molar-refractivity contribution is 5.92. The van der Waals surface area contributed by atoms with Gasteiger partial charge in [0.25, 0.3) is 0 Å². The molecule has 0 radical (unpaired) electrons. The monoisotopic (exact) mass is 291 g/mol. The van der Waals surface area contributed by atoms with Crippen LogP contribution >= 0.6 is 0 Å². The number of aliphatic hydroxyl groups excluding tert-OH is 1. The summed E-state index contributed by atoms with van der Waals surface area (Å²) in [5.74, 6) is -0.819. The number of anilines is 1. The predicted molar refractivity (Wildman–Crippen MR) is 79.2 cm³/mol. The maximum absolute atomic E-state index is 12.8. The summed E-state index contributed by atoms with van der Waals surface area (Å²) in [6.45, 7) is 3.69. The molecule has 1 aromatic rings. The summed E-state index contributed by atoms with van der Waals surface area (Å²) in [6, 6.07) is 6.29. The summed E-state index contributed by atoms with van der Waals surface area (Å²) in [5.41, 5.74) is 11.6. The zero-order chi connectivity index (χ0) is 15.8. The highest BCUT2D eigenvalue weighted by atomic mass is 16.3. The summed E-state index contributed by atoms with van der Waals surface area (Å²) in [7, 11) is 0. The smallest absolute Gasteiger partial charge is 0.240 e. The van der Waals surface area contributed by atoms with Crippen molar-refractivity contribution in [2.24, 2.45) is 5.73 Å². The van der Waals surface area contributed by atoms with E-state index in [4.69, 9.17) is 11.5 Å². The van der Waals surface area contributed by atoms with E-state index >= 15 is 0 Å². The number of nitrogens with two attached hydrogens (primary N) is 2. The van der Waals surface area contributed by atoms with Gasteiger partial charge in [-0.2, -0.15) is 0 Å². The maximum atomic E-state index is 12.8. The second-order valence-corrected chi connectivity index (χ2v) is 6.01. The van der Waals surface area contributed by atoms with Crippen molar-refractivity contribution in [3.05, 3.63) is 29.8 Å². The van der Waals surface area contributed by atoms with Crippen molar-refractivity contribution in [2.45, 2.75) is 37.8 Å². The van der Waals surface area contributed by atoms with E-state index in [2.05, 4.69) is 0 Å². The summed E-state index contributed by atoms with van der Waals surface area (Å²) >= 11 is 0. The molecule has 6 nitrogen and oxygen atoms in total. The summed E-state index contributed by atoms with van der Waals surface area (Å²) in [5, 5.41) is 9.72. The molecule has 2 amide bonds. The lowest BCUT2D eigenvalue weighted by molar-refractivity contribution is -0.141. The van der Waals surface area contributed by atoms with Crippen LogP contribution < -0.4 is 11.5 Å². The Hall–Kier alpha value is -2.08. The van der Waals surface area contributed by atoms with Crippen LogP contribution in [-0.4, -0.2) is 40.5 Å². The van der Waals surface area contributed by atoms with Gasteiger partial charge in [0.05, 0.1) is 11.5 Å². The number of carbonyl (C=O) groups excluding carboxylic acids is 2. The molecule has 6 heteroatoms. The first-order chi connectivity index (χ1) is 9.73. The quantitative estimate of drug-likeness (QED) is 0.680. The van der Waals surface area contributed by atoms with E-state index in [0.717, 1.165) is 5.56 Å². The number of carbonyl (C=O) groups is 2. The van der Waals surface area contributed by atoms with Gasteiger partial charge in [-0.15, -0.1) is 0 Å². The van der Waals surface area contributed by atoms with Gasteiger partial charge in [-0.3, -0.25) is 9.59 Å². The molecule has 2 unspecified atom stereocenters. The number of benzene rings is 1. The number of amides is 2. The van der Waals surface area contributed by atoms with Gasteiger partial charge < -0.3 is 21.5 Å². The van der Waals surface area contributed by atoms with Crippen molar-refractivity contribution in [3.8, 4) is 0 Å². The van der Waals surface area contributed by atoms with Crippen molar-refractivity contribution in [2.75, 3.05) is 12.3 Å². The molecule has 1 aromatic carbocycles. The van der Waals surface area contributed by atoms with Crippen molar-refractivity contribution in [1.29, 1.82) is 0 Å². The molecule has 1 heterocycles. The van der Waals surface area contributed by atoms with Crippen LogP contribution in [0, 0.1) is 0 Å². The first-order valence-electron chi connectivity index (χ1n) is 6.88. The van der Waals surface area contributed by atoms with E-state index < -0.39 is 23.5 Å². The van der Waals surface area contributed by atoms with Gasteiger partial charge in [-0.25, -0.2) is 0 Å². The standard InChI is InChI=1S/C15H21N3O3/c1-15(2,9-3-5-10(16)6-4-9)14(21)18-8-11(19)7-12(18)13(17)20/h3-6,11-12,19H,7-8,16H2,1-2H3,(H2,17,20). The average molecular weight is 291 g/mol. The molecule has 2 atom stereocenters. The van der Waals surface area contributed by atoms with E-state index in [1.165, 1.54) is 4.90 Å². The minimum atomic E-state index is -0.828. The molecule has 1 aliphatic heterocycles. The fourth-order valence-corrected chi connectivity index (χ4v) is 2.69. The van der Waals surface area contributed by atoms with Gasteiger partial charge in [0, 0.05) is 18.7 Å². The third-order valence-electron chi connectivity index (χ3n) is 4.04. The van der Waals surface area contributed by atoms with E-state index in [-0.39, 0.29) is 18.9 Å². The third-order valence-corrected chi connectivity index (χ3v) is 4.04. The Morgan fingerprint density at radius 3 is 2.38 bits per heavy atom. The van der Waals surface area contributed by atoms with Crippen molar-refractivity contribution in [3.63, 3.8) is 0 Å². The highest BCUT2D eigenvalue weighted by Crippen LogP contribution is 2.30. The largest absolute Gasteiger partial charge is 0.399 e. The van der Waals surface area contributed by atoms with Crippen LogP contribution in [0.3, 0.4) is 0 Å². The molecule has 0 saturated carbocycles. The van der Waals surface area contributed by atoms with Crippen LogP contribution in [0.15, 0.2) is 24.3 Å². The van der Waals surface area contributed by atoms with Gasteiger partial charge in [0.2, 0.25) is 11.8 Å². The van der Waals surface area contributed by atoms with E-state index in [9.17, 15) is 14.7 Å². The minimum Gasteiger partial charge on any atom is -0.399 e. The lowest BCUT2D eigenvalue weighted by atomic mass is 9.83. The van der Waals surface area contributed by atoms with Crippen molar-refractivity contribution < 1.29 is 14.7 Å². The molecule has 0 aromatic heterocycles. The fourth-order valence-electron chi connectivity index (χ4n) is 2.69. The Bertz CT molecular complexity index is 554. The van der Waals surface area contributed by atoms with Gasteiger partial charge in [-0.1, -0.05) is 12.1 Å². The Kier molecular flexibility index (Phi) is 3.91. The molecule has 0 bridgehead atoms. The average Bonchev–Trinajstić information content (AvgIpc) is 2.80. The van der Waals surface area contributed by atoms with Crippen LogP contribution in [-0.2, 0) is 15.0 Å². The van der Waals surface area contributed by atoms with Crippen molar-refractivity contribution >= 4 is 17.5 Å². The molecular weight excluding hydrogens is 270 g/mol. The molecule has 21 heavy (non-hydrogen) atoms. The molecule has 114 valence electrons. The van der Waals surface area contributed by atoms with Crippen LogP contribution in [0.4, 0.5) is 5.69 Å².